The molecule has 6 nitrogen and oxygen atoms in total. The second-order valence-corrected chi connectivity index (χ2v) is 4.75. The number of carbonyl (C=O) groups is 1. The van der Waals surface area contributed by atoms with Gasteiger partial charge in [-0.3, -0.25) is 4.72 Å². The van der Waals surface area contributed by atoms with Gasteiger partial charge in [-0.1, -0.05) is 6.07 Å². The molecule has 0 aliphatic rings. The highest BCUT2D eigenvalue weighted by Crippen LogP contribution is 2.23. The van der Waals surface area contributed by atoms with E-state index in [1.807, 2.05) is 4.72 Å². The van der Waals surface area contributed by atoms with Gasteiger partial charge < -0.3 is 5.11 Å². The molecule has 7 heteroatoms. The predicted octanol–water partition coefficient (Wildman–Crippen LogP) is 0.617. The van der Waals surface area contributed by atoms with Crippen molar-refractivity contribution < 1.29 is 18.3 Å². The Morgan fingerprint density at radius 1 is 1.38 bits per heavy atom. The first-order valence-corrected chi connectivity index (χ1v) is 5.90. The van der Waals surface area contributed by atoms with Crippen molar-refractivity contribution in [2.75, 3.05) is 4.72 Å². The molecule has 0 aromatic heterocycles. The molecule has 0 atom stereocenters. The quantitative estimate of drug-likeness (QED) is 0.723. The molecule has 1 aromatic rings. The van der Waals surface area contributed by atoms with E-state index in [0.717, 1.165) is 5.56 Å². The third kappa shape index (κ3) is 2.94. The van der Waals surface area contributed by atoms with Gasteiger partial charge in [-0.05, 0) is 31.0 Å². The lowest BCUT2D eigenvalue weighted by Crippen LogP contribution is -2.23. The molecule has 0 unspecified atom stereocenters. The van der Waals surface area contributed by atoms with Crippen LogP contribution in [0.3, 0.4) is 0 Å². The molecule has 88 valence electrons. The molecule has 0 heterocycles. The number of carboxylic acid groups (broad SMARTS) is 1. The van der Waals surface area contributed by atoms with Crippen molar-refractivity contribution in [3.05, 3.63) is 28.8 Å². The van der Waals surface area contributed by atoms with Crippen molar-refractivity contribution in [1.29, 1.82) is 0 Å². The molecular weight excluding hydrogens is 232 g/mol. The van der Waals surface area contributed by atoms with Crippen molar-refractivity contribution in [2.45, 2.75) is 13.8 Å². The van der Waals surface area contributed by atoms with Gasteiger partial charge in [-0.15, -0.1) is 0 Å². The van der Waals surface area contributed by atoms with Crippen LogP contribution in [0.5, 0.6) is 0 Å². The third-order valence-electron chi connectivity index (χ3n) is 1.95. The van der Waals surface area contributed by atoms with Crippen molar-refractivity contribution >= 4 is 21.9 Å². The minimum Gasteiger partial charge on any atom is -0.478 e. The van der Waals surface area contributed by atoms with Gasteiger partial charge in [0.15, 0.2) is 0 Å². The maximum absolute atomic E-state index is 10.9. The molecule has 0 bridgehead atoms. The van der Waals surface area contributed by atoms with E-state index in [-0.39, 0.29) is 11.3 Å². The van der Waals surface area contributed by atoms with Gasteiger partial charge in [0.05, 0.1) is 11.3 Å². The Morgan fingerprint density at radius 2 is 1.94 bits per heavy atom. The summed E-state index contributed by atoms with van der Waals surface area (Å²) in [6.45, 7) is 3.33. The largest absolute Gasteiger partial charge is 0.478 e. The van der Waals surface area contributed by atoms with Crippen molar-refractivity contribution in [3.63, 3.8) is 0 Å². The van der Waals surface area contributed by atoms with Gasteiger partial charge in [0.1, 0.15) is 0 Å². The van der Waals surface area contributed by atoms with E-state index in [1.165, 1.54) is 6.07 Å². The molecule has 0 saturated carbocycles. The molecule has 0 fully saturated rings. The molecular formula is C9H12N2O4S. The Kier molecular flexibility index (Phi) is 3.20. The summed E-state index contributed by atoms with van der Waals surface area (Å²) in [5.74, 6) is -1.21. The van der Waals surface area contributed by atoms with Crippen LogP contribution < -0.4 is 9.86 Å². The highest BCUT2D eigenvalue weighted by atomic mass is 32.2. The van der Waals surface area contributed by atoms with Gasteiger partial charge in [-0.25, -0.2) is 9.93 Å². The lowest BCUT2D eigenvalue weighted by molar-refractivity contribution is 0.0698. The molecule has 0 radical (unpaired) electrons. The summed E-state index contributed by atoms with van der Waals surface area (Å²) in [6.07, 6.45) is 0. The highest BCUT2D eigenvalue weighted by molar-refractivity contribution is 7.90. The molecule has 16 heavy (non-hydrogen) atoms. The van der Waals surface area contributed by atoms with Crippen molar-refractivity contribution in [3.8, 4) is 0 Å². The van der Waals surface area contributed by atoms with Crippen LogP contribution >= 0.6 is 0 Å². The first-order chi connectivity index (χ1) is 7.20. The van der Waals surface area contributed by atoms with E-state index in [1.54, 1.807) is 19.9 Å². The van der Waals surface area contributed by atoms with Crippen molar-refractivity contribution in [1.82, 2.24) is 0 Å². The maximum Gasteiger partial charge on any atom is 0.337 e. The molecule has 0 spiro atoms. The van der Waals surface area contributed by atoms with Crippen LogP contribution in [0.1, 0.15) is 21.5 Å². The third-order valence-corrected chi connectivity index (χ3v) is 2.44. The fourth-order valence-corrected chi connectivity index (χ4v) is 1.97. The Balaban J connectivity index is 3.41. The minimum atomic E-state index is -3.98. The molecule has 4 N–H and O–H groups in total. The van der Waals surface area contributed by atoms with E-state index in [0.29, 0.717) is 5.56 Å². The minimum absolute atomic E-state index is 0.000556. The van der Waals surface area contributed by atoms with Gasteiger partial charge in [0, 0.05) is 0 Å². The number of hydrogen-bond acceptors (Lipinski definition) is 3. The zero-order valence-electron chi connectivity index (χ0n) is 8.81. The number of hydrogen-bond donors (Lipinski definition) is 3. The van der Waals surface area contributed by atoms with Gasteiger partial charge >= 0.3 is 5.97 Å². The maximum atomic E-state index is 10.9. The van der Waals surface area contributed by atoms with Crippen LogP contribution in [0.4, 0.5) is 5.69 Å². The highest BCUT2D eigenvalue weighted by Gasteiger charge is 2.16. The Bertz CT molecular complexity index is 537. The number of nitrogens with two attached hydrogens (primary N) is 1. The Hall–Kier alpha value is -1.60. The standard InChI is InChI=1S/C9H12N2O4S/c1-5-3-6(2)8(11-16(10,14)15)7(4-5)9(12)13/h3-4,11H,1-2H3,(H,12,13)(H2,10,14,15). The fraction of sp³-hybridized carbons (Fsp3) is 0.222. The topological polar surface area (TPSA) is 109 Å². The summed E-state index contributed by atoms with van der Waals surface area (Å²) < 4.78 is 23.8. The zero-order chi connectivity index (χ0) is 12.5. The molecule has 1 rings (SSSR count). The predicted molar refractivity (Wildman–Crippen MR) is 59.6 cm³/mol. The lowest BCUT2D eigenvalue weighted by Gasteiger charge is -2.11. The van der Waals surface area contributed by atoms with Crippen LogP contribution in [0.2, 0.25) is 0 Å². The number of rotatable bonds is 3. The van der Waals surface area contributed by atoms with Crippen LogP contribution in [0, 0.1) is 13.8 Å². The number of anilines is 1. The summed E-state index contributed by atoms with van der Waals surface area (Å²) >= 11 is 0. The molecule has 1 aromatic carbocycles. The Labute approximate surface area is 93.3 Å². The lowest BCUT2D eigenvalue weighted by atomic mass is 10.0. The number of benzene rings is 1. The summed E-state index contributed by atoms with van der Waals surface area (Å²) in [4.78, 5) is 10.9. The number of aromatic carboxylic acids is 1. The molecule has 0 amide bonds. The van der Waals surface area contributed by atoms with Crippen LogP contribution in [0.15, 0.2) is 12.1 Å². The SMILES string of the molecule is Cc1cc(C)c(NS(N)(=O)=O)c(C(=O)O)c1. The van der Waals surface area contributed by atoms with Crippen LogP contribution in [0.25, 0.3) is 0 Å². The van der Waals surface area contributed by atoms with Crippen molar-refractivity contribution in [2.24, 2.45) is 5.14 Å². The van der Waals surface area contributed by atoms with Gasteiger partial charge in [-0.2, -0.15) is 8.42 Å². The van der Waals surface area contributed by atoms with Gasteiger partial charge in [0.2, 0.25) is 0 Å². The normalized spacial score (nSPS) is 11.2. The van der Waals surface area contributed by atoms with E-state index >= 15 is 0 Å². The summed E-state index contributed by atoms with van der Waals surface area (Å²) in [5.41, 5.74) is 1.12. The second kappa shape index (κ2) is 4.11. The van der Waals surface area contributed by atoms with E-state index in [9.17, 15) is 13.2 Å². The number of nitrogens with one attached hydrogen (secondary N) is 1. The molecule has 0 saturated heterocycles. The molecule has 0 aliphatic heterocycles. The van der Waals surface area contributed by atoms with Crippen LogP contribution in [-0.4, -0.2) is 19.5 Å². The summed E-state index contributed by atoms with van der Waals surface area (Å²) in [5, 5.41) is 13.7. The summed E-state index contributed by atoms with van der Waals surface area (Å²) in [6, 6.07) is 3.04. The smallest absolute Gasteiger partial charge is 0.337 e. The van der Waals surface area contributed by atoms with Gasteiger partial charge in [0.25, 0.3) is 10.2 Å². The van der Waals surface area contributed by atoms with Crippen LogP contribution in [-0.2, 0) is 10.2 Å². The second-order valence-electron chi connectivity index (χ2n) is 3.46. The van der Waals surface area contributed by atoms with E-state index in [4.69, 9.17) is 10.2 Å². The zero-order valence-corrected chi connectivity index (χ0v) is 9.63. The van der Waals surface area contributed by atoms with E-state index < -0.39 is 16.2 Å². The number of aryl methyl sites for hydroxylation is 2. The first-order valence-electron chi connectivity index (χ1n) is 4.36. The molecule has 0 aliphatic carbocycles. The number of carboxylic acids is 1. The first kappa shape index (κ1) is 12.5. The average Bonchev–Trinajstić information content (AvgIpc) is 2.07. The fourth-order valence-electron chi connectivity index (χ4n) is 1.41. The Morgan fingerprint density at radius 3 is 2.38 bits per heavy atom. The van der Waals surface area contributed by atoms with E-state index in [2.05, 4.69) is 0 Å². The average molecular weight is 244 g/mol. The monoisotopic (exact) mass is 244 g/mol. The summed E-state index contributed by atoms with van der Waals surface area (Å²) in [7, 11) is -3.98.